The van der Waals surface area contributed by atoms with E-state index >= 15 is 0 Å². The van der Waals surface area contributed by atoms with Crippen molar-refractivity contribution < 1.29 is 0 Å². The van der Waals surface area contributed by atoms with Gasteiger partial charge in [-0.15, -0.1) is 6.58 Å². The summed E-state index contributed by atoms with van der Waals surface area (Å²) in [6.07, 6.45) is 3.13. The summed E-state index contributed by atoms with van der Waals surface area (Å²) in [7, 11) is 0. The van der Waals surface area contributed by atoms with Crippen molar-refractivity contribution in [2.75, 3.05) is 0 Å². The van der Waals surface area contributed by atoms with Crippen molar-refractivity contribution in [1.29, 1.82) is 5.26 Å². The quantitative estimate of drug-likeness (QED) is 0.706. The van der Waals surface area contributed by atoms with Crippen LogP contribution in [0.1, 0.15) is 5.56 Å². The maximum absolute atomic E-state index is 11.6. The van der Waals surface area contributed by atoms with Gasteiger partial charge in [0, 0.05) is 18.8 Å². The van der Waals surface area contributed by atoms with Gasteiger partial charge in [0.2, 0.25) is 0 Å². The van der Waals surface area contributed by atoms with Crippen LogP contribution in [0.4, 0.5) is 0 Å². The molecule has 0 bridgehead atoms. The van der Waals surface area contributed by atoms with Crippen LogP contribution in [0.25, 0.3) is 11.0 Å². The lowest BCUT2D eigenvalue weighted by molar-refractivity contribution is 0.816. The van der Waals surface area contributed by atoms with Crippen molar-refractivity contribution in [3.05, 3.63) is 53.0 Å². The summed E-state index contributed by atoms with van der Waals surface area (Å²) in [5.41, 5.74) is 1.67. The van der Waals surface area contributed by atoms with E-state index in [0.29, 0.717) is 23.1 Å². The van der Waals surface area contributed by atoms with Crippen molar-refractivity contribution in [3.63, 3.8) is 0 Å². The van der Waals surface area contributed by atoms with Gasteiger partial charge >= 0.3 is 0 Å². The topological polar surface area (TPSA) is 58.7 Å². The number of hydrogen-bond donors (Lipinski definition) is 0. The fraction of sp³-hybridized carbons (Fsp3) is 0.0833. The summed E-state index contributed by atoms with van der Waals surface area (Å²) in [5.74, 6) is 0. The molecule has 0 radical (unpaired) electrons. The highest BCUT2D eigenvalue weighted by atomic mass is 16.1. The van der Waals surface area contributed by atoms with E-state index in [2.05, 4.69) is 11.6 Å². The Morgan fingerprint density at radius 3 is 3.06 bits per heavy atom. The number of pyridine rings is 2. The zero-order valence-corrected chi connectivity index (χ0v) is 8.55. The molecular formula is C12H9N3O. The second-order valence-corrected chi connectivity index (χ2v) is 3.31. The van der Waals surface area contributed by atoms with Crippen LogP contribution < -0.4 is 5.56 Å². The third-order valence-corrected chi connectivity index (χ3v) is 2.28. The maximum atomic E-state index is 11.6. The number of nitrogens with zero attached hydrogens (tertiary/aromatic N) is 3. The molecule has 0 amide bonds. The van der Waals surface area contributed by atoms with E-state index in [1.165, 1.54) is 16.8 Å². The number of nitriles is 1. The molecule has 0 saturated carbocycles. The average molecular weight is 211 g/mol. The molecule has 0 fully saturated rings. The lowest BCUT2D eigenvalue weighted by atomic mass is 10.2. The van der Waals surface area contributed by atoms with Crippen LogP contribution in [0.5, 0.6) is 0 Å². The summed E-state index contributed by atoms with van der Waals surface area (Å²) in [4.78, 5) is 15.7. The van der Waals surface area contributed by atoms with Crippen molar-refractivity contribution in [3.8, 4) is 6.07 Å². The molecule has 2 aromatic rings. The highest BCUT2D eigenvalue weighted by Gasteiger charge is 2.03. The first-order valence-corrected chi connectivity index (χ1v) is 4.77. The molecule has 0 N–H and O–H groups in total. The molecule has 0 spiro atoms. The zero-order valence-electron chi connectivity index (χ0n) is 8.55. The molecule has 0 aliphatic heterocycles. The van der Waals surface area contributed by atoms with E-state index < -0.39 is 0 Å². The van der Waals surface area contributed by atoms with Gasteiger partial charge in [0.1, 0.15) is 6.07 Å². The number of aromatic nitrogens is 2. The standard InChI is InChI=1S/C12H9N3O/c1-2-5-15-11-6-9(7-13)8-14-10(11)3-4-12(15)16/h2-4,6,8H,1,5H2. The molecule has 16 heavy (non-hydrogen) atoms. The van der Waals surface area contributed by atoms with E-state index in [1.54, 1.807) is 18.2 Å². The molecule has 4 heteroatoms. The maximum Gasteiger partial charge on any atom is 0.251 e. The monoisotopic (exact) mass is 211 g/mol. The predicted octanol–water partition coefficient (Wildman–Crippen LogP) is 1.45. The molecule has 0 aliphatic carbocycles. The van der Waals surface area contributed by atoms with Gasteiger partial charge in [0.05, 0.1) is 16.6 Å². The third kappa shape index (κ3) is 1.59. The van der Waals surface area contributed by atoms with Gasteiger partial charge in [-0.3, -0.25) is 9.78 Å². The molecule has 0 saturated heterocycles. The Kier molecular flexibility index (Phi) is 2.52. The molecule has 78 valence electrons. The number of hydrogen-bond acceptors (Lipinski definition) is 3. The lowest BCUT2D eigenvalue weighted by Crippen LogP contribution is -2.18. The summed E-state index contributed by atoms with van der Waals surface area (Å²) in [6, 6.07) is 6.78. The number of rotatable bonds is 2. The summed E-state index contributed by atoms with van der Waals surface area (Å²) >= 11 is 0. The summed E-state index contributed by atoms with van der Waals surface area (Å²) in [5, 5.41) is 8.79. The first-order valence-electron chi connectivity index (χ1n) is 4.77. The molecule has 2 rings (SSSR count). The second-order valence-electron chi connectivity index (χ2n) is 3.31. The van der Waals surface area contributed by atoms with E-state index in [0.717, 1.165) is 0 Å². The van der Waals surface area contributed by atoms with E-state index in [9.17, 15) is 4.79 Å². The normalized spacial score (nSPS) is 9.94. The van der Waals surface area contributed by atoms with Gasteiger partial charge in [-0.05, 0) is 12.1 Å². The Balaban J connectivity index is 2.84. The van der Waals surface area contributed by atoms with Crippen LogP contribution in [0.2, 0.25) is 0 Å². The smallest absolute Gasteiger partial charge is 0.251 e. The van der Waals surface area contributed by atoms with Crippen LogP contribution in [0.15, 0.2) is 41.8 Å². The van der Waals surface area contributed by atoms with Gasteiger partial charge in [-0.1, -0.05) is 6.08 Å². The zero-order chi connectivity index (χ0) is 11.5. The predicted molar refractivity (Wildman–Crippen MR) is 60.9 cm³/mol. The van der Waals surface area contributed by atoms with Gasteiger partial charge in [0.15, 0.2) is 0 Å². The molecule has 0 unspecified atom stereocenters. The molecule has 2 heterocycles. The van der Waals surface area contributed by atoms with E-state index in [4.69, 9.17) is 5.26 Å². The summed E-state index contributed by atoms with van der Waals surface area (Å²) in [6.45, 7) is 4.01. The van der Waals surface area contributed by atoms with Crippen molar-refractivity contribution in [1.82, 2.24) is 9.55 Å². The van der Waals surface area contributed by atoms with Gasteiger partial charge in [-0.2, -0.15) is 5.26 Å². The minimum Gasteiger partial charge on any atom is -0.303 e. The van der Waals surface area contributed by atoms with Crippen molar-refractivity contribution in [2.24, 2.45) is 0 Å². The minimum absolute atomic E-state index is 0.121. The SMILES string of the molecule is C=CCn1c(=O)ccc2ncc(C#N)cc21. The number of allylic oxidation sites excluding steroid dienone is 1. The second kappa shape index (κ2) is 3.99. The Hall–Kier alpha value is -2.41. The first-order chi connectivity index (χ1) is 7.76. The van der Waals surface area contributed by atoms with Crippen LogP contribution in [0, 0.1) is 11.3 Å². The molecule has 0 aliphatic rings. The van der Waals surface area contributed by atoms with Crippen LogP contribution in [-0.4, -0.2) is 9.55 Å². The van der Waals surface area contributed by atoms with Crippen LogP contribution >= 0.6 is 0 Å². The lowest BCUT2D eigenvalue weighted by Gasteiger charge is -2.06. The molecule has 4 nitrogen and oxygen atoms in total. The Morgan fingerprint density at radius 2 is 2.38 bits per heavy atom. The van der Waals surface area contributed by atoms with E-state index in [1.807, 2.05) is 6.07 Å². The minimum atomic E-state index is -0.121. The fourth-order valence-corrected chi connectivity index (χ4v) is 1.55. The largest absolute Gasteiger partial charge is 0.303 e. The molecular weight excluding hydrogens is 202 g/mol. The first kappa shape index (κ1) is 10.1. The summed E-state index contributed by atoms with van der Waals surface area (Å²) < 4.78 is 1.54. The molecule has 0 aromatic carbocycles. The third-order valence-electron chi connectivity index (χ3n) is 2.28. The van der Waals surface area contributed by atoms with Gasteiger partial charge < -0.3 is 4.57 Å². The Bertz CT molecular complexity index is 649. The fourth-order valence-electron chi connectivity index (χ4n) is 1.55. The molecule has 0 atom stereocenters. The van der Waals surface area contributed by atoms with Crippen molar-refractivity contribution >= 4 is 11.0 Å². The number of fused-ring (bicyclic) bond motifs is 1. The highest BCUT2D eigenvalue weighted by Crippen LogP contribution is 2.10. The van der Waals surface area contributed by atoms with Gasteiger partial charge in [-0.25, -0.2) is 0 Å². The highest BCUT2D eigenvalue weighted by molar-refractivity contribution is 5.75. The average Bonchev–Trinajstić information content (AvgIpc) is 2.32. The van der Waals surface area contributed by atoms with Crippen LogP contribution in [0.3, 0.4) is 0 Å². The van der Waals surface area contributed by atoms with Crippen LogP contribution in [-0.2, 0) is 6.54 Å². The van der Waals surface area contributed by atoms with Crippen molar-refractivity contribution in [2.45, 2.75) is 6.54 Å². The molecule has 2 aromatic heterocycles. The Labute approximate surface area is 92.1 Å². The Morgan fingerprint density at radius 1 is 1.56 bits per heavy atom. The van der Waals surface area contributed by atoms with E-state index in [-0.39, 0.29) is 5.56 Å². The van der Waals surface area contributed by atoms with Gasteiger partial charge in [0.25, 0.3) is 5.56 Å².